The number of benzene rings is 9. The third kappa shape index (κ3) is 5.81. The Morgan fingerprint density at radius 2 is 1.02 bits per heavy atom. The summed E-state index contributed by atoms with van der Waals surface area (Å²) in [5.41, 5.74) is 15.7. The normalized spacial score (nSPS) is 15.5. The first-order chi connectivity index (χ1) is 30.3. The van der Waals surface area contributed by atoms with Crippen LogP contribution in [0.15, 0.2) is 237 Å². The number of para-hydroxylation sites is 4. The molecule has 10 aromatic rings. The van der Waals surface area contributed by atoms with Gasteiger partial charge in [-0.25, -0.2) is 0 Å². The Kier molecular flexibility index (Phi) is 8.31. The number of hydrogen-bond acceptors (Lipinski definition) is 2. The van der Waals surface area contributed by atoms with E-state index in [1.165, 1.54) is 77.5 Å². The summed E-state index contributed by atoms with van der Waals surface area (Å²) in [5.74, 6) is 0.252. The standard InChI is InChI=1S/C58H41N3/c1-4-16-40(17-5-1)47-35-37-56(49-23-11-10-22-48(47)49)61-55-27-15-13-25-51(55)53-38-41(29-36-57(53)61)42-28-34-52-50-24-12-14-26-54(50)60(58(52)39-42)46-32-30-45(31-33-46)59(43-18-6-2-7-19-43)44-20-8-3-9-21-44/h1-39,52,58H. The number of anilines is 5. The number of fused-ring (bicyclic) bond motifs is 7. The molecule has 1 aliphatic carbocycles. The Hall–Kier alpha value is -7.88. The smallest absolute Gasteiger partial charge is 0.0635 e. The molecule has 2 unspecified atom stereocenters. The van der Waals surface area contributed by atoms with Crippen molar-refractivity contribution < 1.29 is 0 Å². The van der Waals surface area contributed by atoms with Gasteiger partial charge in [0.1, 0.15) is 0 Å². The second-order valence-electron chi connectivity index (χ2n) is 16.1. The largest absolute Gasteiger partial charge is 0.333 e. The molecule has 0 fully saturated rings. The van der Waals surface area contributed by atoms with Crippen molar-refractivity contribution in [2.24, 2.45) is 0 Å². The second kappa shape index (κ2) is 14.4. The van der Waals surface area contributed by atoms with Crippen LogP contribution in [-0.2, 0) is 0 Å². The molecule has 9 aromatic carbocycles. The van der Waals surface area contributed by atoms with Gasteiger partial charge in [0, 0.05) is 50.5 Å². The van der Waals surface area contributed by atoms with E-state index in [4.69, 9.17) is 0 Å². The quantitative estimate of drug-likeness (QED) is 0.160. The Morgan fingerprint density at radius 1 is 0.410 bits per heavy atom. The van der Waals surface area contributed by atoms with Crippen molar-refractivity contribution in [3.8, 4) is 16.8 Å². The molecule has 0 spiro atoms. The minimum absolute atomic E-state index is 0.133. The molecule has 2 atom stereocenters. The number of aromatic nitrogens is 1. The molecule has 3 heteroatoms. The fourth-order valence-corrected chi connectivity index (χ4v) is 9.96. The third-order valence-corrected chi connectivity index (χ3v) is 12.7. The average Bonchev–Trinajstić information content (AvgIpc) is 3.84. The summed E-state index contributed by atoms with van der Waals surface area (Å²) in [6.07, 6.45) is 7.26. The van der Waals surface area contributed by atoms with Crippen LogP contribution in [-0.4, -0.2) is 10.6 Å². The molecule has 2 heterocycles. The first kappa shape index (κ1) is 35.1. The maximum Gasteiger partial charge on any atom is 0.0635 e. The Labute approximate surface area is 356 Å². The van der Waals surface area contributed by atoms with E-state index in [1.54, 1.807) is 0 Å². The van der Waals surface area contributed by atoms with E-state index >= 15 is 0 Å². The lowest BCUT2D eigenvalue weighted by Crippen LogP contribution is -2.29. The van der Waals surface area contributed by atoms with E-state index in [2.05, 4.69) is 251 Å². The summed E-state index contributed by atoms with van der Waals surface area (Å²) in [4.78, 5) is 4.86. The van der Waals surface area contributed by atoms with Gasteiger partial charge in [-0.1, -0.05) is 158 Å². The number of hydrogen-bond donors (Lipinski definition) is 0. The molecular formula is C58H41N3. The first-order valence-electron chi connectivity index (χ1n) is 21.2. The van der Waals surface area contributed by atoms with Crippen LogP contribution in [0.1, 0.15) is 17.0 Å². The van der Waals surface area contributed by atoms with Crippen LogP contribution >= 0.6 is 0 Å². The second-order valence-corrected chi connectivity index (χ2v) is 16.1. The monoisotopic (exact) mass is 779 g/mol. The molecule has 0 bridgehead atoms. The summed E-state index contributed by atoms with van der Waals surface area (Å²) in [6, 6.07) is 79.4. The van der Waals surface area contributed by atoms with Crippen LogP contribution < -0.4 is 9.80 Å². The minimum Gasteiger partial charge on any atom is -0.333 e. The van der Waals surface area contributed by atoms with Gasteiger partial charge in [-0.05, 0) is 112 Å². The molecule has 1 aliphatic heterocycles. The summed E-state index contributed by atoms with van der Waals surface area (Å²) < 4.78 is 2.46. The highest BCUT2D eigenvalue weighted by Crippen LogP contribution is 2.50. The lowest BCUT2D eigenvalue weighted by molar-refractivity contribution is 0.747. The van der Waals surface area contributed by atoms with Gasteiger partial charge in [-0.2, -0.15) is 0 Å². The Morgan fingerprint density at radius 3 is 1.77 bits per heavy atom. The van der Waals surface area contributed by atoms with Gasteiger partial charge in [0.25, 0.3) is 0 Å². The van der Waals surface area contributed by atoms with E-state index in [0.29, 0.717) is 0 Å². The van der Waals surface area contributed by atoms with E-state index < -0.39 is 0 Å². The fourth-order valence-electron chi connectivity index (χ4n) is 9.96. The van der Waals surface area contributed by atoms with Gasteiger partial charge < -0.3 is 14.4 Å². The van der Waals surface area contributed by atoms with Crippen molar-refractivity contribution in [2.45, 2.75) is 12.0 Å². The Balaban J connectivity index is 0.943. The topological polar surface area (TPSA) is 11.4 Å². The van der Waals surface area contributed by atoms with Crippen LogP contribution in [0.3, 0.4) is 0 Å². The predicted molar refractivity (Wildman–Crippen MR) is 257 cm³/mol. The van der Waals surface area contributed by atoms with Gasteiger partial charge in [0.15, 0.2) is 0 Å². The maximum atomic E-state index is 2.54. The SMILES string of the molecule is C1=CC2c3ccccc3N(c3ccc(N(c4ccccc4)c4ccccc4)cc3)C2C=C1c1ccc2c(c1)c1ccccc1n2-c1ccc(-c2ccccc2)c2ccccc12. The summed E-state index contributed by atoms with van der Waals surface area (Å²) in [5, 5.41) is 5.00. The van der Waals surface area contributed by atoms with Crippen LogP contribution in [0, 0.1) is 0 Å². The van der Waals surface area contributed by atoms with Crippen molar-refractivity contribution in [1.29, 1.82) is 0 Å². The fraction of sp³-hybridized carbons (Fsp3) is 0.0345. The highest BCUT2D eigenvalue weighted by molar-refractivity contribution is 6.12. The van der Waals surface area contributed by atoms with Crippen molar-refractivity contribution in [3.63, 3.8) is 0 Å². The summed E-state index contributed by atoms with van der Waals surface area (Å²) in [7, 11) is 0. The summed E-state index contributed by atoms with van der Waals surface area (Å²) >= 11 is 0. The molecule has 0 radical (unpaired) electrons. The number of rotatable bonds is 7. The Bertz CT molecular complexity index is 3270. The van der Waals surface area contributed by atoms with Crippen molar-refractivity contribution in [1.82, 2.24) is 4.57 Å². The average molecular weight is 780 g/mol. The molecule has 0 N–H and O–H groups in total. The van der Waals surface area contributed by atoms with E-state index in [1.807, 2.05) is 0 Å². The lowest BCUT2D eigenvalue weighted by atomic mass is 9.86. The number of nitrogens with zero attached hydrogens (tertiary/aromatic N) is 3. The minimum atomic E-state index is 0.133. The van der Waals surface area contributed by atoms with Crippen molar-refractivity contribution in [2.75, 3.05) is 9.80 Å². The van der Waals surface area contributed by atoms with Gasteiger partial charge in [0.2, 0.25) is 0 Å². The summed E-state index contributed by atoms with van der Waals surface area (Å²) in [6.45, 7) is 0. The van der Waals surface area contributed by atoms with Gasteiger partial charge >= 0.3 is 0 Å². The maximum absolute atomic E-state index is 2.54. The van der Waals surface area contributed by atoms with E-state index in [0.717, 1.165) is 17.1 Å². The van der Waals surface area contributed by atoms with Gasteiger partial charge in [-0.3, -0.25) is 0 Å². The van der Waals surface area contributed by atoms with Crippen molar-refractivity contribution in [3.05, 3.63) is 248 Å². The van der Waals surface area contributed by atoms with E-state index in [-0.39, 0.29) is 12.0 Å². The number of allylic oxidation sites excluding steroid dienone is 2. The zero-order valence-corrected chi connectivity index (χ0v) is 33.5. The lowest BCUT2D eigenvalue weighted by Gasteiger charge is -2.31. The molecule has 12 rings (SSSR count). The molecule has 2 aliphatic rings. The van der Waals surface area contributed by atoms with Crippen LogP contribution in [0.25, 0.3) is 55.0 Å². The highest BCUT2D eigenvalue weighted by atomic mass is 15.2. The molecule has 0 saturated heterocycles. The van der Waals surface area contributed by atoms with Crippen LogP contribution in [0.5, 0.6) is 0 Å². The molecule has 0 amide bonds. The van der Waals surface area contributed by atoms with Crippen LogP contribution in [0.2, 0.25) is 0 Å². The van der Waals surface area contributed by atoms with Crippen molar-refractivity contribution >= 4 is 66.6 Å². The van der Waals surface area contributed by atoms with Crippen LogP contribution in [0.4, 0.5) is 28.4 Å². The molecule has 1 aromatic heterocycles. The zero-order chi connectivity index (χ0) is 40.3. The highest BCUT2D eigenvalue weighted by Gasteiger charge is 2.38. The first-order valence-corrected chi connectivity index (χ1v) is 21.2. The van der Waals surface area contributed by atoms with Gasteiger partial charge in [0.05, 0.1) is 22.8 Å². The molecule has 0 saturated carbocycles. The molecule has 61 heavy (non-hydrogen) atoms. The predicted octanol–water partition coefficient (Wildman–Crippen LogP) is 15.3. The molecule has 288 valence electrons. The molecular weight excluding hydrogens is 739 g/mol. The zero-order valence-electron chi connectivity index (χ0n) is 33.5. The van der Waals surface area contributed by atoms with Gasteiger partial charge in [-0.15, -0.1) is 0 Å². The third-order valence-electron chi connectivity index (χ3n) is 12.7. The van der Waals surface area contributed by atoms with E-state index in [9.17, 15) is 0 Å². The molecule has 3 nitrogen and oxygen atoms in total.